The molecule has 23 heavy (non-hydrogen) atoms. The fraction of sp³-hybridized carbons (Fsp3) is 0.333. The van der Waals surface area contributed by atoms with Gasteiger partial charge in [0.05, 0.1) is 13.2 Å². The molecule has 1 aromatic rings. The van der Waals surface area contributed by atoms with E-state index in [1.807, 2.05) is 0 Å². The number of carboxylic acids is 1. The van der Waals surface area contributed by atoms with Crippen molar-refractivity contribution in [2.24, 2.45) is 0 Å². The van der Waals surface area contributed by atoms with Crippen molar-refractivity contribution < 1.29 is 24.2 Å². The molecule has 0 amide bonds. The Morgan fingerprint density at radius 3 is 2.39 bits per heavy atom. The van der Waals surface area contributed by atoms with Crippen molar-refractivity contribution in [1.29, 1.82) is 0 Å². The van der Waals surface area contributed by atoms with Crippen LogP contribution in [-0.2, 0) is 14.3 Å². The van der Waals surface area contributed by atoms with Crippen molar-refractivity contribution in [3.8, 4) is 5.75 Å². The summed E-state index contributed by atoms with van der Waals surface area (Å²) in [5, 5.41) is 8.55. The number of ether oxygens (including phenoxy) is 2. The fourth-order valence-electron chi connectivity index (χ4n) is 1.70. The van der Waals surface area contributed by atoms with E-state index in [1.54, 1.807) is 31.2 Å². The maximum atomic E-state index is 11.1. The van der Waals surface area contributed by atoms with Gasteiger partial charge in [0.1, 0.15) is 5.75 Å². The molecule has 0 aromatic heterocycles. The first-order valence-corrected chi connectivity index (χ1v) is 7.45. The Hall–Kier alpha value is -2.56. The molecular formula is C18H22O5. The molecule has 0 unspecified atom stereocenters. The first-order chi connectivity index (χ1) is 11.0. The van der Waals surface area contributed by atoms with Crippen LogP contribution in [0.25, 0.3) is 6.08 Å². The molecular weight excluding hydrogens is 296 g/mol. The van der Waals surface area contributed by atoms with Crippen LogP contribution in [0.3, 0.4) is 0 Å². The third kappa shape index (κ3) is 8.46. The van der Waals surface area contributed by atoms with E-state index in [2.05, 4.69) is 6.58 Å². The van der Waals surface area contributed by atoms with Crippen LogP contribution in [0.5, 0.6) is 5.75 Å². The number of rotatable bonds is 10. The van der Waals surface area contributed by atoms with E-state index in [4.69, 9.17) is 14.6 Å². The minimum atomic E-state index is -0.973. The standard InChI is InChI=1S/C18H22O5/c1-14(2)18(21)23-13-5-3-4-12-22-16-9-6-15(7-10-16)8-11-17(19)20/h6-11H,1,3-5,12-13H2,2H3,(H,19,20)/b11-8+. The average molecular weight is 318 g/mol. The van der Waals surface area contributed by atoms with Gasteiger partial charge in [-0.25, -0.2) is 9.59 Å². The predicted molar refractivity (Wildman–Crippen MR) is 88.2 cm³/mol. The average Bonchev–Trinajstić information content (AvgIpc) is 2.52. The highest BCUT2D eigenvalue weighted by Crippen LogP contribution is 2.14. The lowest BCUT2D eigenvalue weighted by Gasteiger charge is -2.07. The molecule has 1 aromatic carbocycles. The number of benzene rings is 1. The van der Waals surface area contributed by atoms with Crippen molar-refractivity contribution >= 4 is 18.0 Å². The van der Waals surface area contributed by atoms with Crippen LogP contribution in [0.2, 0.25) is 0 Å². The Kier molecular flexibility index (Phi) is 8.21. The van der Waals surface area contributed by atoms with E-state index in [-0.39, 0.29) is 5.97 Å². The van der Waals surface area contributed by atoms with Gasteiger partial charge in [-0.2, -0.15) is 0 Å². The SMILES string of the molecule is C=C(C)C(=O)OCCCCCOc1ccc(/C=C/C(=O)O)cc1. The van der Waals surface area contributed by atoms with Crippen LogP contribution in [0.4, 0.5) is 0 Å². The van der Waals surface area contributed by atoms with Crippen LogP contribution in [0.15, 0.2) is 42.5 Å². The second-order valence-corrected chi connectivity index (χ2v) is 5.07. The summed E-state index contributed by atoms with van der Waals surface area (Å²) < 4.78 is 10.6. The van der Waals surface area contributed by atoms with Crippen molar-refractivity contribution in [3.63, 3.8) is 0 Å². The van der Waals surface area contributed by atoms with Gasteiger partial charge in [-0.05, 0) is 50.0 Å². The lowest BCUT2D eigenvalue weighted by molar-refractivity contribution is -0.139. The number of carbonyl (C=O) groups is 2. The second kappa shape index (κ2) is 10.2. The summed E-state index contributed by atoms with van der Waals surface area (Å²) in [6.07, 6.45) is 5.18. The van der Waals surface area contributed by atoms with Gasteiger partial charge in [-0.15, -0.1) is 0 Å². The monoisotopic (exact) mass is 318 g/mol. The van der Waals surface area contributed by atoms with Crippen molar-refractivity contribution in [2.75, 3.05) is 13.2 Å². The zero-order valence-electron chi connectivity index (χ0n) is 13.3. The highest BCUT2D eigenvalue weighted by molar-refractivity contribution is 5.86. The smallest absolute Gasteiger partial charge is 0.333 e. The van der Waals surface area contributed by atoms with Crippen molar-refractivity contribution in [2.45, 2.75) is 26.2 Å². The molecule has 5 nitrogen and oxygen atoms in total. The molecule has 5 heteroatoms. The van der Waals surface area contributed by atoms with E-state index in [0.29, 0.717) is 18.8 Å². The van der Waals surface area contributed by atoms with Crippen LogP contribution in [-0.4, -0.2) is 30.3 Å². The van der Waals surface area contributed by atoms with E-state index >= 15 is 0 Å². The van der Waals surface area contributed by atoms with Gasteiger partial charge in [0.15, 0.2) is 0 Å². The molecule has 1 N–H and O–H groups in total. The zero-order chi connectivity index (χ0) is 17.1. The Labute approximate surface area is 136 Å². The highest BCUT2D eigenvalue weighted by atomic mass is 16.5. The molecule has 0 saturated heterocycles. The largest absolute Gasteiger partial charge is 0.494 e. The molecule has 0 fully saturated rings. The third-order valence-corrected chi connectivity index (χ3v) is 2.94. The number of esters is 1. The number of hydrogen-bond donors (Lipinski definition) is 1. The van der Waals surface area contributed by atoms with Crippen LogP contribution in [0, 0.1) is 0 Å². The molecule has 0 radical (unpaired) electrons. The Morgan fingerprint density at radius 2 is 1.78 bits per heavy atom. The number of carbonyl (C=O) groups excluding carboxylic acids is 1. The van der Waals surface area contributed by atoms with Gasteiger partial charge in [-0.1, -0.05) is 18.7 Å². The summed E-state index contributed by atoms with van der Waals surface area (Å²) in [6.45, 7) is 6.12. The number of aliphatic carboxylic acids is 1. The maximum Gasteiger partial charge on any atom is 0.333 e. The van der Waals surface area contributed by atoms with Gasteiger partial charge >= 0.3 is 11.9 Å². The van der Waals surface area contributed by atoms with Gasteiger partial charge < -0.3 is 14.6 Å². The van der Waals surface area contributed by atoms with Gasteiger partial charge in [0.25, 0.3) is 0 Å². The predicted octanol–water partition coefficient (Wildman–Crippen LogP) is 3.45. The van der Waals surface area contributed by atoms with E-state index in [1.165, 1.54) is 6.08 Å². The molecule has 0 aliphatic rings. The van der Waals surface area contributed by atoms with Crippen LogP contribution in [0.1, 0.15) is 31.7 Å². The van der Waals surface area contributed by atoms with Gasteiger partial charge in [0.2, 0.25) is 0 Å². The summed E-state index contributed by atoms with van der Waals surface area (Å²) in [7, 11) is 0. The first kappa shape index (κ1) is 18.5. The van der Waals surface area contributed by atoms with E-state index in [0.717, 1.165) is 36.7 Å². The van der Waals surface area contributed by atoms with Crippen molar-refractivity contribution in [1.82, 2.24) is 0 Å². The Balaban J connectivity index is 2.15. The Morgan fingerprint density at radius 1 is 1.13 bits per heavy atom. The lowest BCUT2D eigenvalue weighted by Crippen LogP contribution is -2.06. The van der Waals surface area contributed by atoms with E-state index in [9.17, 15) is 9.59 Å². The molecule has 0 heterocycles. The molecule has 0 bridgehead atoms. The molecule has 124 valence electrons. The topological polar surface area (TPSA) is 72.8 Å². The summed E-state index contributed by atoms with van der Waals surface area (Å²) in [4.78, 5) is 21.6. The maximum absolute atomic E-state index is 11.1. The summed E-state index contributed by atoms with van der Waals surface area (Å²) in [6, 6.07) is 7.20. The number of unbranched alkanes of at least 4 members (excludes halogenated alkanes) is 2. The molecule has 0 atom stereocenters. The first-order valence-electron chi connectivity index (χ1n) is 7.45. The Bertz CT molecular complexity index is 557. The number of hydrogen-bond acceptors (Lipinski definition) is 4. The normalized spacial score (nSPS) is 10.5. The van der Waals surface area contributed by atoms with Crippen LogP contribution >= 0.6 is 0 Å². The van der Waals surface area contributed by atoms with Gasteiger partial charge in [0, 0.05) is 11.6 Å². The third-order valence-electron chi connectivity index (χ3n) is 2.94. The number of carboxylic acid groups (broad SMARTS) is 1. The van der Waals surface area contributed by atoms with Gasteiger partial charge in [-0.3, -0.25) is 0 Å². The minimum Gasteiger partial charge on any atom is -0.494 e. The fourth-order valence-corrected chi connectivity index (χ4v) is 1.70. The van der Waals surface area contributed by atoms with Crippen molar-refractivity contribution in [3.05, 3.63) is 48.1 Å². The molecule has 0 aliphatic carbocycles. The lowest BCUT2D eigenvalue weighted by atomic mass is 10.2. The quantitative estimate of drug-likeness (QED) is 0.406. The molecule has 1 rings (SSSR count). The molecule has 0 spiro atoms. The van der Waals surface area contributed by atoms with Crippen LogP contribution < -0.4 is 4.74 Å². The summed E-state index contributed by atoms with van der Waals surface area (Å²) in [5.41, 5.74) is 1.22. The molecule has 0 saturated carbocycles. The minimum absolute atomic E-state index is 0.349. The summed E-state index contributed by atoms with van der Waals surface area (Å²) in [5.74, 6) is -0.580. The highest BCUT2D eigenvalue weighted by Gasteiger charge is 2.02. The zero-order valence-corrected chi connectivity index (χ0v) is 13.3. The molecule has 0 aliphatic heterocycles. The van der Waals surface area contributed by atoms with E-state index < -0.39 is 5.97 Å². The second-order valence-electron chi connectivity index (χ2n) is 5.07. The summed E-state index contributed by atoms with van der Waals surface area (Å²) >= 11 is 0.